The van der Waals surface area contributed by atoms with E-state index in [1.807, 2.05) is 12.3 Å². The van der Waals surface area contributed by atoms with Crippen LogP contribution in [0.15, 0.2) is 23.0 Å². The molecule has 0 aliphatic carbocycles. The molecule has 0 aromatic carbocycles. The molecule has 0 saturated carbocycles. The molecule has 0 bridgehead atoms. The van der Waals surface area contributed by atoms with E-state index in [9.17, 15) is 9.59 Å². The second-order valence-electron chi connectivity index (χ2n) is 3.88. The lowest BCUT2D eigenvalue weighted by atomic mass is 10.1. The molecule has 0 spiro atoms. The number of allylic oxidation sites excluding steroid dienone is 1. The number of ether oxygens (including phenoxy) is 1. The molecule has 0 aromatic rings. The van der Waals surface area contributed by atoms with E-state index in [4.69, 9.17) is 4.74 Å². The largest absolute Gasteiger partial charge is 0.377 e. The summed E-state index contributed by atoms with van der Waals surface area (Å²) >= 11 is 3.07. The molecule has 1 unspecified atom stereocenters. The number of thioether (sulfide) groups is 2. The van der Waals surface area contributed by atoms with Gasteiger partial charge >= 0.3 is 0 Å². The monoisotopic (exact) mass is 301 g/mol. The first-order valence-electron chi connectivity index (χ1n) is 6.21. The van der Waals surface area contributed by atoms with Crippen molar-refractivity contribution in [2.45, 2.75) is 25.9 Å². The molecule has 19 heavy (non-hydrogen) atoms. The molecule has 1 N–H and O–H groups in total. The van der Waals surface area contributed by atoms with Gasteiger partial charge in [0.05, 0.1) is 6.10 Å². The van der Waals surface area contributed by atoms with Crippen LogP contribution in [0.2, 0.25) is 0 Å². The normalized spacial score (nSPS) is 26.3. The number of hydrogen-bond acceptors (Lipinski definition) is 5. The van der Waals surface area contributed by atoms with Gasteiger partial charge in [0.2, 0.25) is 5.91 Å². The van der Waals surface area contributed by atoms with Crippen LogP contribution in [0.3, 0.4) is 0 Å². The Hall–Kier alpha value is -0.720. The maximum atomic E-state index is 11.6. The standard InChI is InChI=1S/C13H19NO3S2/c1-2-17-12-4-3-11(15)5-7-18-10-19-8-6-13(16)14-9-12/h5-8,12H,2-4,9-10H2,1H3,(H,14,16)/b7-5+,8-6+. The van der Waals surface area contributed by atoms with Crippen molar-refractivity contribution >= 4 is 35.2 Å². The van der Waals surface area contributed by atoms with Crippen LogP contribution in [0.5, 0.6) is 0 Å². The average Bonchev–Trinajstić information content (AvgIpc) is 2.40. The highest BCUT2D eigenvalue weighted by Crippen LogP contribution is 2.14. The zero-order valence-electron chi connectivity index (χ0n) is 11.0. The number of amides is 1. The Labute approximate surface area is 122 Å². The molecule has 0 saturated heterocycles. The predicted molar refractivity (Wildman–Crippen MR) is 81.0 cm³/mol. The highest BCUT2D eigenvalue weighted by atomic mass is 32.2. The first-order valence-corrected chi connectivity index (χ1v) is 8.30. The quantitative estimate of drug-likeness (QED) is 0.848. The molecule has 1 rings (SSSR count). The Morgan fingerprint density at radius 3 is 2.79 bits per heavy atom. The summed E-state index contributed by atoms with van der Waals surface area (Å²) in [5.74, 6) is -0.0257. The molecule has 106 valence electrons. The number of rotatable bonds is 2. The summed E-state index contributed by atoms with van der Waals surface area (Å²) in [5.41, 5.74) is 0. The SMILES string of the molecule is CCOC1CCC(=O)/C=C/SCS/C=C/C(=O)NC1. The van der Waals surface area contributed by atoms with Crippen LogP contribution in [0.4, 0.5) is 0 Å². The van der Waals surface area contributed by atoms with Crippen LogP contribution in [-0.4, -0.2) is 36.0 Å². The summed E-state index contributed by atoms with van der Waals surface area (Å²) in [6, 6.07) is 0. The summed E-state index contributed by atoms with van der Waals surface area (Å²) in [4.78, 5) is 23.1. The minimum Gasteiger partial charge on any atom is -0.377 e. The number of nitrogens with one attached hydrogen (secondary N) is 1. The summed E-state index contributed by atoms with van der Waals surface area (Å²) in [6.07, 6.45) is 4.10. The van der Waals surface area contributed by atoms with E-state index < -0.39 is 0 Å². The first kappa shape index (κ1) is 16.3. The van der Waals surface area contributed by atoms with E-state index >= 15 is 0 Å². The van der Waals surface area contributed by atoms with E-state index in [2.05, 4.69) is 5.32 Å². The molecule has 1 aliphatic heterocycles. The summed E-state index contributed by atoms with van der Waals surface area (Å²) in [6.45, 7) is 2.92. The van der Waals surface area contributed by atoms with Crippen LogP contribution < -0.4 is 5.32 Å². The highest BCUT2D eigenvalue weighted by molar-refractivity contribution is 8.18. The zero-order valence-corrected chi connectivity index (χ0v) is 12.6. The smallest absolute Gasteiger partial charge is 0.244 e. The van der Waals surface area contributed by atoms with Crippen LogP contribution in [-0.2, 0) is 14.3 Å². The van der Waals surface area contributed by atoms with Crippen molar-refractivity contribution in [3.8, 4) is 0 Å². The van der Waals surface area contributed by atoms with E-state index in [0.29, 0.717) is 26.0 Å². The molecule has 0 fully saturated rings. The molecule has 4 nitrogen and oxygen atoms in total. The second-order valence-corrected chi connectivity index (χ2v) is 6.04. The van der Waals surface area contributed by atoms with E-state index in [-0.39, 0.29) is 17.8 Å². The number of carbonyl (C=O) groups excluding carboxylic acids is 2. The van der Waals surface area contributed by atoms with Gasteiger partial charge in [0.15, 0.2) is 5.78 Å². The fourth-order valence-corrected chi connectivity index (χ4v) is 2.90. The predicted octanol–water partition coefficient (Wildman–Crippen LogP) is 2.32. The van der Waals surface area contributed by atoms with Gasteiger partial charge in [-0.2, -0.15) is 0 Å². The lowest BCUT2D eigenvalue weighted by Crippen LogP contribution is -2.33. The summed E-state index contributed by atoms with van der Waals surface area (Å²) in [5, 5.41) is 7.15. The van der Waals surface area contributed by atoms with Crippen LogP contribution in [0.25, 0.3) is 0 Å². The Kier molecular flexibility index (Phi) is 8.69. The van der Waals surface area contributed by atoms with Crippen molar-refractivity contribution in [1.82, 2.24) is 5.32 Å². The van der Waals surface area contributed by atoms with Crippen molar-refractivity contribution in [2.24, 2.45) is 0 Å². The van der Waals surface area contributed by atoms with Crippen molar-refractivity contribution in [3.05, 3.63) is 23.0 Å². The Morgan fingerprint density at radius 2 is 2.05 bits per heavy atom. The average molecular weight is 301 g/mol. The third-order valence-electron chi connectivity index (χ3n) is 2.42. The van der Waals surface area contributed by atoms with Gasteiger partial charge in [-0.25, -0.2) is 0 Å². The number of hydrogen-bond donors (Lipinski definition) is 1. The topological polar surface area (TPSA) is 55.4 Å². The number of carbonyl (C=O) groups is 2. The van der Waals surface area contributed by atoms with Gasteiger partial charge in [0.25, 0.3) is 0 Å². The van der Waals surface area contributed by atoms with Crippen molar-refractivity contribution in [3.63, 3.8) is 0 Å². The fourth-order valence-electron chi connectivity index (χ4n) is 1.49. The van der Waals surface area contributed by atoms with Crippen molar-refractivity contribution in [2.75, 3.05) is 18.2 Å². The fraction of sp³-hybridized carbons (Fsp3) is 0.538. The molecule has 1 heterocycles. The second kappa shape index (κ2) is 10.1. The summed E-state index contributed by atoms with van der Waals surface area (Å²) in [7, 11) is 0. The van der Waals surface area contributed by atoms with E-state index in [1.165, 1.54) is 17.8 Å². The molecule has 0 radical (unpaired) electrons. The molecule has 1 atom stereocenters. The maximum absolute atomic E-state index is 11.6. The molecule has 1 amide bonds. The van der Waals surface area contributed by atoms with Gasteiger partial charge in [0.1, 0.15) is 0 Å². The van der Waals surface area contributed by atoms with E-state index in [0.717, 1.165) is 5.08 Å². The van der Waals surface area contributed by atoms with E-state index in [1.54, 1.807) is 23.2 Å². The zero-order chi connectivity index (χ0) is 13.9. The lowest BCUT2D eigenvalue weighted by Gasteiger charge is -2.16. The Morgan fingerprint density at radius 1 is 1.32 bits per heavy atom. The van der Waals surface area contributed by atoms with Crippen LogP contribution >= 0.6 is 23.5 Å². The highest BCUT2D eigenvalue weighted by Gasteiger charge is 2.11. The molecular formula is C13H19NO3S2. The van der Waals surface area contributed by atoms with Crippen LogP contribution in [0.1, 0.15) is 19.8 Å². The van der Waals surface area contributed by atoms with Crippen molar-refractivity contribution < 1.29 is 14.3 Å². The maximum Gasteiger partial charge on any atom is 0.244 e. The Balaban J connectivity index is 2.57. The van der Waals surface area contributed by atoms with Crippen molar-refractivity contribution in [1.29, 1.82) is 0 Å². The van der Waals surface area contributed by atoms with Gasteiger partial charge in [-0.1, -0.05) is 0 Å². The summed E-state index contributed by atoms with van der Waals surface area (Å²) < 4.78 is 5.51. The lowest BCUT2D eigenvalue weighted by molar-refractivity contribution is -0.117. The third kappa shape index (κ3) is 8.13. The third-order valence-corrected chi connectivity index (χ3v) is 4.17. The van der Waals surface area contributed by atoms with Gasteiger partial charge in [-0.05, 0) is 30.2 Å². The Bertz CT molecular complexity index is 326. The van der Waals surface area contributed by atoms with Gasteiger partial charge < -0.3 is 10.1 Å². The molecule has 6 heteroatoms. The number of ketones is 1. The first-order chi connectivity index (χ1) is 9.22. The molecule has 0 aromatic heterocycles. The van der Waals surface area contributed by atoms with Gasteiger partial charge in [-0.15, -0.1) is 23.5 Å². The molecule has 1 aliphatic rings. The van der Waals surface area contributed by atoms with Crippen LogP contribution in [0, 0.1) is 0 Å². The van der Waals surface area contributed by atoms with Gasteiger partial charge in [0, 0.05) is 30.7 Å². The van der Waals surface area contributed by atoms with Gasteiger partial charge in [-0.3, -0.25) is 9.59 Å². The molecular weight excluding hydrogens is 282 g/mol. The minimum absolute atomic E-state index is 0.0983. The minimum atomic E-state index is -0.124.